The third-order valence-electron chi connectivity index (χ3n) is 4.15. The molecule has 2 heterocycles. The van der Waals surface area contributed by atoms with Crippen molar-refractivity contribution in [3.8, 4) is 0 Å². The Morgan fingerprint density at radius 2 is 1.77 bits per heavy atom. The van der Waals surface area contributed by atoms with Gasteiger partial charge >= 0.3 is 0 Å². The van der Waals surface area contributed by atoms with E-state index in [0.717, 1.165) is 37.4 Å². The SMILES string of the molecule is Cc1ncccc1N1CCN(CC(=O)c2ccccc2)CC1. The fourth-order valence-corrected chi connectivity index (χ4v) is 2.88. The normalized spacial score (nSPS) is 15.8. The molecule has 114 valence electrons. The summed E-state index contributed by atoms with van der Waals surface area (Å²) >= 11 is 0. The second kappa shape index (κ2) is 6.71. The molecule has 0 amide bonds. The van der Waals surface area contributed by atoms with Crippen LogP contribution in [0.1, 0.15) is 16.1 Å². The standard InChI is InChI=1S/C18H21N3O/c1-15-17(8-5-9-19-15)21-12-10-20(11-13-21)14-18(22)16-6-3-2-4-7-16/h2-9H,10-14H2,1H3. The lowest BCUT2D eigenvalue weighted by atomic mass is 10.1. The summed E-state index contributed by atoms with van der Waals surface area (Å²) in [6.07, 6.45) is 1.83. The van der Waals surface area contributed by atoms with Crippen LogP contribution >= 0.6 is 0 Å². The van der Waals surface area contributed by atoms with Gasteiger partial charge in [0.15, 0.2) is 5.78 Å². The second-order valence-corrected chi connectivity index (χ2v) is 5.66. The number of benzene rings is 1. The van der Waals surface area contributed by atoms with E-state index in [-0.39, 0.29) is 5.78 Å². The Morgan fingerprint density at radius 3 is 2.45 bits per heavy atom. The van der Waals surface area contributed by atoms with Crippen molar-refractivity contribution in [1.82, 2.24) is 9.88 Å². The van der Waals surface area contributed by atoms with Gasteiger partial charge in [0, 0.05) is 37.9 Å². The van der Waals surface area contributed by atoms with Crippen molar-refractivity contribution in [2.75, 3.05) is 37.6 Å². The van der Waals surface area contributed by atoms with E-state index in [1.54, 1.807) is 0 Å². The number of pyridine rings is 1. The van der Waals surface area contributed by atoms with Gasteiger partial charge in [-0.2, -0.15) is 0 Å². The molecule has 3 rings (SSSR count). The summed E-state index contributed by atoms with van der Waals surface area (Å²) in [7, 11) is 0. The number of hydrogen-bond acceptors (Lipinski definition) is 4. The lowest BCUT2D eigenvalue weighted by Crippen LogP contribution is -2.48. The van der Waals surface area contributed by atoms with Crippen LogP contribution in [0.25, 0.3) is 0 Å². The molecule has 0 atom stereocenters. The van der Waals surface area contributed by atoms with Gasteiger partial charge < -0.3 is 4.90 Å². The van der Waals surface area contributed by atoms with Gasteiger partial charge in [0.05, 0.1) is 17.9 Å². The molecular formula is C18H21N3O. The maximum atomic E-state index is 12.3. The highest BCUT2D eigenvalue weighted by Gasteiger charge is 2.20. The van der Waals surface area contributed by atoms with E-state index in [2.05, 4.69) is 20.9 Å². The number of carbonyl (C=O) groups is 1. The van der Waals surface area contributed by atoms with Crippen LogP contribution in [0.15, 0.2) is 48.7 Å². The van der Waals surface area contributed by atoms with Crippen molar-refractivity contribution < 1.29 is 4.79 Å². The maximum absolute atomic E-state index is 12.3. The lowest BCUT2D eigenvalue weighted by Gasteiger charge is -2.36. The second-order valence-electron chi connectivity index (χ2n) is 5.66. The van der Waals surface area contributed by atoms with Gasteiger partial charge in [0.1, 0.15) is 0 Å². The van der Waals surface area contributed by atoms with Gasteiger partial charge in [-0.1, -0.05) is 30.3 Å². The summed E-state index contributed by atoms with van der Waals surface area (Å²) < 4.78 is 0. The quantitative estimate of drug-likeness (QED) is 0.812. The van der Waals surface area contributed by atoms with Crippen LogP contribution in [0.2, 0.25) is 0 Å². The predicted octanol–water partition coefficient (Wildman–Crippen LogP) is 2.39. The van der Waals surface area contributed by atoms with Crippen molar-refractivity contribution >= 4 is 11.5 Å². The van der Waals surface area contributed by atoms with Crippen molar-refractivity contribution in [2.24, 2.45) is 0 Å². The summed E-state index contributed by atoms with van der Waals surface area (Å²) in [5.74, 6) is 0.201. The third-order valence-corrected chi connectivity index (χ3v) is 4.15. The molecule has 0 spiro atoms. The maximum Gasteiger partial charge on any atom is 0.176 e. The molecule has 0 N–H and O–H groups in total. The Kier molecular flexibility index (Phi) is 4.49. The largest absolute Gasteiger partial charge is 0.368 e. The van der Waals surface area contributed by atoms with Gasteiger partial charge in [0.2, 0.25) is 0 Å². The van der Waals surface area contributed by atoms with Crippen molar-refractivity contribution in [3.05, 3.63) is 59.9 Å². The zero-order valence-corrected chi connectivity index (χ0v) is 12.9. The molecule has 1 aliphatic heterocycles. The molecule has 0 bridgehead atoms. The molecule has 0 saturated carbocycles. The molecule has 4 nitrogen and oxygen atoms in total. The molecule has 1 aliphatic rings. The summed E-state index contributed by atoms with van der Waals surface area (Å²) in [4.78, 5) is 21.2. The summed E-state index contributed by atoms with van der Waals surface area (Å²) in [6.45, 7) is 6.24. The number of Topliss-reactive ketones (excluding diaryl/α,β-unsaturated/α-hetero) is 1. The van der Waals surface area contributed by atoms with E-state index in [9.17, 15) is 4.79 Å². The van der Waals surface area contributed by atoms with Crippen LogP contribution < -0.4 is 4.90 Å². The van der Waals surface area contributed by atoms with Gasteiger partial charge in [-0.3, -0.25) is 14.7 Å². The molecule has 0 unspecified atom stereocenters. The van der Waals surface area contributed by atoms with Gasteiger partial charge in [0.25, 0.3) is 0 Å². The van der Waals surface area contributed by atoms with Gasteiger partial charge in [-0.05, 0) is 19.1 Å². The van der Waals surface area contributed by atoms with E-state index in [1.807, 2.05) is 49.5 Å². The highest BCUT2D eigenvalue weighted by atomic mass is 16.1. The Labute approximate surface area is 131 Å². The number of carbonyl (C=O) groups excluding carboxylic acids is 1. The number of rotatable bonds is 4. The average Bonchev–Trinajstić information content (AvgIpc) is 2.57. The van der Waals surface area contributed by atoms with Crippen LogP contribution in [0.4, 0.5) is 5.69 Å². The highest BCUT2D eigenvalue weighted by molar-refractivity contribution is 5.97. The zero-order chi connectivity index (χ0) is 15.4. The minimum atomic E-state index is 0.201. The molecule has 4 heteroatoms. The first-order chi connectivity index (χ1) is 10.7. The summed E-state index contributed by atoms with van der Waals surface area (Å²) in [5, 5.41) is 0. The van der Waals surface area contributed by atoms with Crippen LogP contribution in [0, 0.1) is 6.92 Å². The first kappa shape index (κ1) is 14.7. The molecule has 1 aromatic heterocycles. The minimum absolute atomic E-state index is 0.201. The monoisotopic (exact) mass is 295 g/mol. The molecular weight excluding hydrogens is 274 g/mol. The summed E-state index contributed by atoms with van der Waals surface area (Å²) in [6, 6.07) is 13.6. The fourth-order valence-electron chi connectivity index (χ4n) is 2.88. The van der Waals surface area contributed by atoms with Gasteiger partial charge in [-0.25, -0.2) is 0 Å². The first-order valence-electron chi connectivity index (χ1n) is 7.71. The number of nitrogens with zero attached hydrogens (tertiary/aromatic N) is 3. The highest BCUT2D eigenvalue weighted by Crippen LogP contribution is 2.19. The van der Waals surface area contributed by atoms with Gasteiger partial charge in [-0.15, -0.1) is 0 Å². The number of aryl methyl sites for hydroxylation is 1. The summed E-state index contributed by atoms with van der Waals surface area (Å²) in [5.41, 5.74) is 3.07. The van der Waals surface area contributed by atoms with E-state index >= 15 is 0 Å². The number of ketones is 1. The van der Waals surface area contributed by atoms with E-state index < -0.39 is 0 Å². The Morgan fingerprint density at radius 1 is 1.05 bits per heavy atom. The molecule has 0 radical (unpaired) electrons. The number of aromatic nitrogens is 1. The molecule has 0 aliphatic carbocycles. The Hall–Kier alpha value is -2.20. The van der Waals surface area contributed by atoms with Crippen LogP contribution in [-0.2, 0) is 0 Å². The average molecular weight is 295 g/mol. The third kappa shape index (κ3) is 3.34. The molecule has 2 aromatic rings. The minimum Gasteiger partial charge on any atom is -0.368 e. The van der Waals surface area contributed by atoms with Crippen LogP contribution in [-0.4, -0.2) is 48.4 Å². The topological polar surface area (TPSA) is 36.4 Å². The van der Waals surface area contributed by atoms with E-state index in [1.165, 1.54) is 5.69 Å². The van der Waals surface area contributed by atoms with Crippen molar-refractivity contribution in [2.45, 2.75) is 6.92 Å². The number of anilines is 1. The zero-order valence-electron chi connectivity index (χ0n) is 12.9. The Bertz CT molecular complexity index is 634. The fraction of sp³-hybridized carbons (Fsp3) is 0.333. The Balaban J connectivity index is 1.56. The molecule has 1 aromatic carbocycles. The number of hydrogen-bond donors (Lipinski definition) is 0. The lowest BCUT2D eigenvalue weighted by molar-refractivity contribution is 0.0926. The number of piperazine rings is 1. The predicted molar refractivity (Wildman–Crippen MR) is 88.4 cm³/mol. The first-order valence-corrected chi connectivity index (χ1v) is 7.71. The van der Waals surface area contributed by atoms with Crippen molar-refractivity contribution in [1.29, 1.82) is 0 Å². The molecule has 22 heavy (non-hydrogen) atoms. The smallest absolute Gasteiger partial charge is 0.176 e. The molecule has 1 saturated heterocycles. The van der Waals surface area contributed by atoms with Crippen LogP contribution in [0.5, 0.6) is 0 Å². The van der Waals surface area contributed by atoms with E-state index in [0.29, 0.717) is 6.54 Å². The van der Waals surface area contributed by atoms with E-state index in [4.69, 9.17) is 0 Å². The molecule has 1 fully saturated rings. The van der Waals surface area contributed by atoms with Crippen molar-refractivity contribution in [3.63, 3.8) is 0 Å². The van der Waals surface area contributed by atoms with Crippen LogP contribution in [0.3, 0.4) is 0 Å².